The van der Waals surface area contributed by atoms with Gasteiger partial charge in [0, 0.05) is 46.7 Å². The van der Waals surface area contributed by atoms with Crippen LogP contribution in [0, 0.1) is 6.92 Å². The molecule has 2 amide bonds. The predicted octanol–water partition coefficient (Wildman–Crippen LogP) is 3.92. The van der Waals surface area contributed by atoms with Crippen LogP contribution in [0.3, 0.4) is 0 Å². The van der Waals surface area contributed by atoms with Crippen molar-refractivity contribution in [2.75, 3.05) is 13.1 Å². The molecule has 1 aromatic carbocycles. The zero-order valence-corrected chi connectivity index (χ0v) is 20.6. The smallest absolute Gasteiger partial charge is 0.270 e. The lowest BCUT2D eigenvalue weighted by Crippen LogP contribution is -2.48. The van der Waals surface area contributed by atoms with Crippen LogP contribution in [0.5, 0.6) is 0 Å². The molecular weight excluding hydrogens is 446 g/mol. The van der Waals surface area contributed by atoms with Crippen LogP contribution >= 0.6 is 11.6 Å². The summed E-state index contributed by atoms with van der Waals surface area (Å²) in [5, 5.41) is 3.60. The van der Waals surface area contributed by atoms with Crippen LogP contribution < -0.4 is 5.32 Å². The molecule has 4 rings (SSSR count). The van der Waals surface area contributed by atoms with E-state index in [1.165, 1.54) is 0 Å². The highest BCUT2D eigenvalue weighted by Crippen LogP contribution is 2.46. The maximum atomic E-state index is 13.3. The first kappa shape index (κ1) is 23.1. The van der Waals surface area contributed by atoms with E-state index in [1.807, 2.05) is 49.3 Å². The molecule has 0 saturated heterocycles. The molecule has 1 aliphatic carbocycles. The van der Waals surface area contributed by atoms with Crippen LogP contribution in [0.1, 0.15) is 65.7 Å². The normalized spacial score (nSPS) is 18.3. The van der Waals surface area contributed by atoms with Gasteiger partial charge in [0.1, 0.15) is 11.4 Å². The fourth-order valence-electron chi connectivity index (χ4n) is 4.44. The molecule has 1 atom stereocenters. The lowest BCUT2D eigenvalue weighted by atomic mass is 10.2. The molecule has 2 heterocycles. The van der Waals surface area contributed by atoms with Crippen molar-refractivity contribution >= 4 is 34.2 Å². The van der Waals surface area contributed by atoms with Gasteiger partial charge in [-0.2, -0.15) is 0 Å². The second kappa shape index (κ2) is 8.34. The van der Waals surface area contributed by atoms with Crippen LogP contribution in [0.15, 0.2) is 30.3 Å². The highest BCUT2D eigenvalue weighted by atomic mass is 35.5. The van der Waals surface area contributed by atoms with E-state index >= 15 is 0 Å². The number of nitrogens with one attached hydrogen (secondary N) is 1. The molecule has 2 aliphatic rings. The van der Waals surface area contributed by atoms with Crippen LogP contribution in [-0.2, 0) is 23.9 Å². The Kier molecular flexibility index (Phi) is 6.01. The Morgan fingerprint density at radius 2 is 1.84 bits per heavy atom. The zero-order chi connectivity index (χ0) is 23.3. The van der Waals surface area contributed by atoms with Crippen molar-refractivity contribution in [2.24, 2.45) is 0 Å². The van der Waals surface area contributed by atoms with Gasteiger partial charge in [-0.05, 0) is 69.9 Å². The minimum absolute atomic E-state index is 0.0896. The minimum Gasteiger partial charge on any atom is -0.347 e. The van der Waals surface area contributed by atoms with E-state index in [1.54, 1.807) is 18.2 Å². The van der Waals surface area contributed by atoms with Gasteiger partial charge in [-0.25, -0.2) is 0 Å². The molecule has 32 heavy (non-hydrogen) atoms. The van der Waals surface area contributed by atoms with Gasteiger partial charge in [-0.1, -0.05) is 23.7 Å². The first-order chi connectivity index (χ1) is 15.0. The minimum atomic E-state index is -1.01. The first-order valence-electron chi connectivity index (χ1n) is 11.0. The molecule has 1 fully saturated rings. The summed E-state index contributed by atoms with van der Waals surface area (Å²) in [7, 11) is -1.01. The number of aryl methyl sites for hydroxylation is 1. The summed E-state index contributed by atoms with van der Waals surface area (Å²) in [4.78, 5) is 28.0. The SMILES string of the molecule is Cc1cc2n(c1C(=O)NCc1ccc(Cl)cc1)CCN(CC1(S(=O)C(C)(C)C)CC1)C2=O. The van der Waals surface area contributed by atoms with E-state index in [9.17, 15) is 13.8 Å². The third kappa shape index (κ3) is 4.37. The Balaban J connectivity index is 1.48. The maximum Gasteiger partial charge on any atom is 0.270 e. The molecule has 0 radical (unpaired) electrons. The second-order valence-corrected chi connectivity index (χ2v) is 12.9. The van der Waals surface area contributed by atoms with Gasteiger partial charge < -0.3 is 14.8 Å². The zero-order valence-electron chi connectivity index (χ0n) is 19.0. The monoisotopic (exact) mass is 475 g/mol. The Labute approximate surface area is 196 Å². The van der Waals surface area contributed by atoms with Crippen LogP contribution in [-0.4, -0.2) is 48.1 Å². The number of benzene rings is 1. The van der Waals surface area contributed by atoms with Gasteiger partial charge in [0.2, 0.25) is 0 Å². The highest BCUT2D eigenvalue weighted by Gasteiger charge is 2.53. The van der Waals surface area contributed by atoms with Crippen molar-refractivity contribution in [3.63, 3.8) is 0 Å². The Bertz CT molecular complexity index is 1080. The number of hydrogen-bond acceptors (Lipinski definition) is 3. The van der Waals surface area contributed by atoms with Crippen molar-refractivity contribution in [1.82, 2.24) is 14.8 Å². The predicted molar refractivity (Wildman–Crippen MR) is 128 cm³/mol. The van der Waals surface area contributed by atoms with E-state index in [0.29, 0.717) is 42.6 Å². The lowest BCUT2D eigenvalue weighted by Gasteiger charge is -2.34. The lowest BCUT2D eigenvalue weighted by molar-refractivity contribution is 0.0698. The van der Waals surface area contributed by atoms with Gasteiger partial charge in [0.25, 0.3) is 11.8 Å². The molecule has 172 valence electrons. The van der Waals surface area contributed by atoms with Gasteiger partial charge >= 0.3 is 0 Å². The summed E-state index contributed by atoms with van der Waals surface area (Å²) in [5.41, 5.74) is 2.79. The fraction of sp³-hybridized carbons (Fsp3) is 0.500. The van der Waals surface area contributed by atoms with Crippen molar-refractivity contribution in [2.45, 2.75) is 63.1 Å². The number of hydrogen-bond donors (Lipinski definition) is 1. The van der Waals surface area contributed by atoms with Crippen LogP contribution in [0.2, 0.25) is 5.02 Å². The molecule has 8 heteroatoms. The van der Waals surface area contributed by atoms with E-state index < -0.39 is 10.8 Å². The van der Waals surface area contributed by atoms with E-state index in [4.69, 9.17) is 11.6 Å². The number of nitrogens with zero attached hydrogens (tertiary/aromatic N) is 2. The molecule has 1 saturated carbocycles. The third-order valence-corrected chi connectivity index (χ3v) is 8.89. The summed E-state index contributed by atoms with van der Waals surface area (Å²) in [6, 6.07) is 9.13. The summed E-state index contributed by atoms with van der Waals surface area (Å²) in [6.07, 6.45) is 1.78. The average Bonchev–Trinajstić information content (AvgIpc) is 3.43. The van der Waals surface area contributed by atoms with Gasteiger partial charge in [0.15, 0.2) is 0 Å². The first-order valence-corrected chi connectivity index (χ1v) is 12.5. The number of amides is 2. The number of carbonyl (C=O) groups excluding carboxylic acids is 2. The largest absolute Gasteiger partial charge is 0.347 e. The number of aromatic nitrogens is 1. The Hall–Kier alpha value is -2.12. The number of rotatable bonds is 6. The van der Waals surface area contributed by atoms with E-state index in [0.717, 1.165) is 24.0 Å². The van der Waals surface area contributed by atoms with Gasteiger partial charge in [-0.3, -0.25) is 13.8 Å². The van der Waals surface area contributed by atoms with Crippen molar-refractivity contribution in [3.8, 4) is 0 Å². The Morgan fingerprint density at radius 1 is 1.19 bits per heavy atom. The molecule has 1 unspecified atom stereocenters. The molecule has 2 aromatic rings. The maximum absolute atomic E-state index is 13.3. The summed E-state index contributed by atoms with van der Waals surface area (Å²) in [6.45, 7) is 9.80. The van der Waals surface area contributed by atoms with Crippen LogP contribution in [0.25, 0.3) is 0 Å². The van der Waals surface area contributed by atoms with Crippen molar-refractivity contribution < 1.29 is 13.8 Å². The fourth-order valence-corrected chi connectivity index (χ4v) is 6.61. The van der Waals surface area contributed by atoms with E-state index in [2.05, 4.69) is 5.32 Å². The summed E-state index contributed by atoms with van der Waals surface area (Å²) < 4.78 is 14.3. The molecule has 1 N–H and O–H groups in total. The molecular formula is C24H30ClN3O3S. The number of halogens is 1. The highest BCUT2D eigenvalue weighted by molar-refractivity contribution is 7.88. The quantitative estimate of drug-likeness (QED) is 0.688. The molecule has 0 spiro atoms. The molecule has 6 nitrogen and oxygen atoms in total. The van der Waals surface area contributed by atoms with Gasteiger partial charge in [0.05, 0.1) is 4.75 Å². The van der Waals surface area contributed by atoms with Gasteiger partial charge in [-0.15, -0.1) is 0 Å². The third-order valence-electron chi connectivity index (χ3n) is 6.20. The molecule has 1 aromatic heterocycles. The molecule has 0 bridgehead atoms. The summed E-state index contributed by atoms with van der Waals surface area (Å²) >= 11 is 5.92. The second-order valence-electron chi connectivity index (χ2n) is 9.81. The average molecular weight is 476 g/mol. The topological polar surface area (TPSA) is 71.4 Å². The Morgan fingerprint density at radius 3 is 2.44 bits per heavy atom. The van der Waals surface area contributed by atoms with Crippen molar-refractivity contribution in [3.05, 3.63) is 57.9 Å². The summed E-state index contributed by atoms with van der Waals surface area (Å²) in [5.74, 6) is -0.286. The number of fused-ring (bicyclic) bond motifs is 1. The number of carbonyl (C=O) groups is 2. The van der Waals surface area contributed by atoms with Crippen LogP contribution in [0.4, 0.5) is 0 Å². The van der Waals surface area contributed by atoms with E-state index in [-0.39, 0.29) is 21.3 Å². The molecule has 1 aliphatic heterocycles. The van der Waals surface area contributed by atoms with Crippen molar-refractivity contribution in [1.29, 1.82) is 0 Å². The standard InChI is InChI=1S/C24H30ClN3O3S/c1-16-13-19-22(30)27(15-24(9-10-24)32(31)23(2,3)4)11-12-28(19)20(16)21(29)26-14-17-5-7-18(25)8-6-17/h5-8,13H,9-12,14-15H2,1-4H3,(H,26,29).